The molecule has 0 radical (unpaired) electrons. The average molecular weight is 203 g/mol. The van der Waals surface area contributed by atoms with E-state index in [4.69, 9.17) is 15.2 Å². The van der Waals surface area contributed by atoms with E-state index in [-0.39, 0.29) is 11.6 Å². The molecule has 0 aromatic heterocycles. The molecule has 0 rings (SSSR count). The minimum absolute atomic E-state index is 0.205. The van der Waals surface area contributed by atoms with Crippen LogP contribution in [0, 0.1) is 0 Å². The third-order valence-corrected chi connectivity index (χ3v) is 1.85. The van der Waals surface area contributed by atoms with E-state index in [9.17, 15) is 4.79 Å². The molecule has 84 valence electrons. The predicted octanol–water partition coefficient (Wildman–Crippen LogP) is 1.08. The van der Waals surface area contributed by atoms with Crippen LogP contribution in [0.15, 0.2) is 0 Å². The van der Waals surface area contributed by atoms with Crippen LogP contribution in [-0.4, -0.2) is 31.3 Å². The van der Waals surface area contributed by atoms with Crippen LogP contribution in [0.1, 0.15) is 33.6 Å². The summed E-state index contributed by atoms with van der Waals surface area (Å²) in [5.74, 6) is -0.205. The second-order valence-electron chi connectivity index (χ2n) is 3.70. The molecule has 14 heavy (non-hydrogen) atoms. The minimum Gasteiger partial charge on any atom is -0.464 e. The molecule has 0 aliphatic heterocycles. The molecule has 0 spiro atoms. The molecule has 0 amide bonds. The number of nitrogens with two attached hydrogens (primary N) is 1. The molecule has 0 saturated carbocycles. The van der Waals surface area contributed by atoms with Gasteiger partial charge in [-0.25, -0.2) is 0 Å². The predicted molar refractivity (Wildman–Crippen MR) is 55.0 cm³/mol. The number of hydrogen-bond acceptors (Lipinski definition) is 4. The van der Waals surface area contributed by atoms with Crippen molar-refractivity contribution in [2.24, 2.45) is 5.73 Å². The Bertz CT molecular complexity index is 169. The number of rotatable bonds is 7. The summed E-state index contributed by atoms with van der Waals surface area (Å²) in [7, 11) is 0. The molecule has 0 aliphatic carbocycles. The summed E-state index contributed by atoms with van der Waals surface area (Å²) in [6.07, 6.45) is 1.05. The van der Waals surface area contributed by atoms with E-state index in [1.807, 2.05) is 20.8 Å². The molecule has 0 unspecified atom stereocenters. The number of ether oxygens (including phenoxy) is 2. The van der Waals surface area contributed by atoms with Crippen LogP contribution in [0.3, 0.4) is 0 Å². The molecule has 4 nitrogen and oxygen atoms in total. The van der Waals surface area contributed by atoms with E-state index in [0.717, 1.165) is 0 Å². The van der Waals surface area contributed by atoms with Crippen molar-refractivity contribution in [1.29, 1.82) is 0 Å². The summed E-state index contributed by atoms with van der Waals surface area (Å²) in [5, 5.41) is 0. The van der Waals surface area contributed by atoms with Gasteiger partial charge in [0, 0.05) is 19.6 Å². The fraction of sp³-hybridized carbons (Fsp3) is 0.900. The maximum Gasteiger partial charge on any atom is 0.305 e. The van der Waals surface area contributed by atoms with E-state index in [2.05, 4.69) is 0 Å². The topological polar surface area (TPSA) is 61.5 Å². The van der Waals surface area contributed by atoms with Crippen LogP contribution in [0.2, 0.25) is 0 Å². The summed E-state index contributed by atoms with van der Waals surface area (Å²) < 4.78 is 10.3. The van der Waals surface area contributed by atoms with Crippen molar-refractivity contribution < 1.29 is 14.3 Å². The first-order chi connectivity index (χ1) is 6.52. The zero-order chi connectivity index (χ0) is 11.0. The van der Waals surface area contributed by atoms with Gasteiger partial charge in [-0.1, -0.05) is 0 Å². The van der Waals surface area contributed by atoms with Crippen LogP contribution in [-0.2, 0) is 14.3 Å². The Morgan fingerprint density at radius 1 is 1.43 bits per heavy atom. The number of hydrogen-bond donors (Lipinski definition) is 1. The van der Waals surface area contributed by atoms with Gasteiger partial charge in [0.2, 0.25) is 0 Å². The molecule has 2 N–H and O–H groups in total. The average Bonchev–Trinajstić information content (AvgIpc) is 2.11. The van der Waals surface area contributed by atoms with Gasteiger partial charge in [0.05, 0.1) is 5.60 Å². The summed E-state index contributed by atoms with van der Waals surface area (Å²) in [6, 6.07) is 0. The van der Waals surface area contributed by atoms with Crippen LogP contribution < -0.4 is 5.73 Å². The van der Waals surface area contributed by atoms with Gasteiger partial charge < -0.3 is 15.2 Å². The van der Waals surface area contributed by atoms with E-state index < -0.39 is 0 Å². The molecule has 0 heterocycles. The van der Waals surface area contributed by atoms with E-state index in [0.29, 0.717) is 32.6 Å². The monoisotopic (exact) mass is 203 g/mol. The van der Waals surface area contributed by atoms with Crippen molar-refractivity contribution in [3.63, 3.8) is 0 Å². The highest BCUT2D eigenvalue weighted by molar-refractivity contribution is 5.69. The Morgan fingerprint density at radius 2 is 2.07 bits per heavy atom. The molecule has 0 aromatic carbocycles. The highest BCUT2D eigenvalue weighted by atomic mass is 16.5. The lowest BCUT2D eigenvalue weighted by Gasteiger charge is -2.23. The zero-order valence-corrected chi connectivity index (χ0v) is 9.34. The van der Waals surface area contributed by atoms with Gasteiger partial charge in [-0.2, -0.15) is 0 Å². The fourth-order valence-corrected chi connectivity index (χ4v) is 1.11. The Kier molecular flexibility index (Phi) is 6.49. The highest BCUT2D eigenvalue weighted by Crippen LogP contribution is 2.16. The number of esters is 1. The Hall–Kier alpha value is -0.610. The Morgan fingerprint density at radius 3 is 2.57 bits per heavy atom. The van der Waals surface area contributed by atoms with Gasteiger partial charge in [0.15, 0.2) is 0 Å². The SMILES string of the molecule is CCOC(C)(C)CCC(=O)OCCN. The summed E-state index contributed by atoms with van der Waals surface area (Å²) in [5.41, 5.74) is 4.95. The van der Waals surface area contributed by atoms with E-state index in [1.54, 1.807) is 0 Å². The molecular formula is C10H21NO3. The van der Waals surface area contributed by atoms with Gasteiger partial charge in [-0.3, -0.25) is 4.79 Å². The van der Waals surface area contributed by atoms with E-state index >= 15 is 0 Å². The lowest BCUT2D eigenvalue weighted by Crippen LogP contribution is -2.26. The van der Waals surface area contributed by atoms with Crippen LogP contribution in [0.4, 0.5) is 0 Å². The second kappa shape index (κ2) is 6.79. The number of carbonyl (C=O) groups is 1. The standard InChI is InChI=1S/C10H21NO3/c1-4-14-10(2,3)6-5-9(12)13-8-7-11/h4-8,11H2,1-3H3. The van der Waals surface area contributed by atoms with E-state index in [1.165, 1.54) is 0 Å². The maximum absolute atomic E-state index is 11.1. The van der Waals surface area contributed by atoms with Gasteiger partial charge in [0.1, 0.15) is 6.61 Å². The third kappa shape index (κ3) is 6.86. The van der Waals surface area contributed by atoms with Crippen LogP contribution in [0.5, 0.6) is 0 Å². The minimum atomic E-state index is -0.253. The van der Waals surface area contributed by atoms with Crippen molar-refractivity contribution in [1.82, 2.24) is 0 Å². The van der Waals surface area contributed by atoms with Crippen molar-refractivity contribution in [2.75, 3.05) is 19.8 Å². The van der Waals surface area contributed by atoms with Crippen molar-refractivity contribution in [3.05, 3.63) is 0 Å². The van der Waals surface area contributed by atoms with Gasteiger partial charge >= 0.3 is 5.97 Å². The molecule has 0 aliphatic rings. The molecule has 0 aromatic rings. The first-order valence-electron chi connectivity index (χ1n) is 5.01. The van der Waals surface area contributed by atoms with Crippen molar-refractivity contribution in [3.8, 4) is 0 Å². The van der Waals surface area contributed by atoms with Gasteiger partial charge in [-0.05, 0) is 27.2 Å². The van der Waals surface area contributed by atoms with Crippen molar-refractivity contribution in [2.45, 2.75) is 39.2 Å². The molecule has 4 heteroatoms. The molecule has 0 atom stereocenters. The summed E-state index contributed by atoms with van der Waals surface area (Å²) in [6.45, 7) is 7.20. The van der Waals surface area contributed by atoms with Crippen LogP contribution in [0.25, 0.3) is 0 Å². The second-order valence-corrected chi connectivity index (χ2v) is 3.70. The normalized spacial score (nSPS) is 11.4. The first kappa shape index (κ1) is 13.4. The third-order valence-electron chi connectivity index (χ3n) is 1.85. The smallest absolute Gasteiger partial charge is 0.305 e. The Labute approximate surface area is 85.8 Å². The number of carbonyl (C=O) groups excluding carboxylic acids is 1. The van der Waals surface area contributed by atoms with Crippen LogP contribution >= 0.6 is 0 Å². The van der Waals surface area contributed by atoms with Crippen molar-refractivity contribution >= 4 is 5.97 Å². The molecule has 0 fully saturated rings. The zero-order valence-electron chi connectivity index (χ0n) is 9.34. The molecular weight excluding hydrogens is 182 g/mol. The molecule has 0 saturated heterocycles. The lowest BCUT2D eigenvalue weighted by atomic mass is 10.0. The Balaban J connectivity index is 3.64. The maximum atomic E-state index is 11.1. The van der Waals surface area contributed by atoms with Gasteiger partial charge in [-0.15, -0.1) is 0 Å². The highest BCUT2D eigenvalue weighted by Gasteiger charge is 2.19. The summed E-state index contributed by atoms with van der Waals surface area (Å²) in [4.78, 5) is 11.1. The fourth-order valence-electron chi connectivity index (χ4n) is 1.11. The van der Waals surface area contributed by atoms with Gasteiger partial charge in [0.25, 0.3) is 0 Å². The summed E-state index contributed by atoms with van der Waals surface area (Å²) >= 11 is 0. The largest absolute Gasteiger partial charge is 0.464 e. The quantitative estimate of drug-likeness (QED) is 0.629. The first-order valence-corrected chi connectivity index (χ1v) is 5.01. The molecule has 0 bridgehead atoms. The lowest BCUT2D eigenvalue weighted by molar-refractivity contribution is -0.145.